The van der Waals surface area contributed by atoms with E-state index in [1.165, 1.54) is 11.3 Å². The molecule has 4 heteroatoms. The Labute approximate surface area is 69.5 Å². The molecular weight excluding hydrogens is 163 g/mol. The Kier molecular flexibility index (Phi) is 2.96. The molecule has 1 rings (SSSR count). The highest BCUT2D eigenvalue weighted by Crippen LogP contribution is 2.19. The van der Waals surface area contributed by atoms with E-state index in [0.717, 1.165) is 5.01 Å². The average Bonchev–Trinajstić information content (AvgIpc) is 2.50. The molecule has 0 bridgehead atoms. The van der Waals surface area contributed by atoms with Crippen LogP contribution in [0.25, 0.3) is 0 Å². The lowest BCUT2D eigenvalue weighted by Gasteiger charge is -2.03. The smallest absolute Gasteiger partial charge is 0.125 e. The monoisotopic (exact) mass is 174 g/mol. The van der Waals surface area contributed by atoms with Crippen LogP contribution in [0, 0.1) is 0 Å². The van der Waals surface area contributed by atoms with Crippen LogP contribution in [0.4, 0.5) is 4.39 Å². The third kappa shape index (κ3) is 1.97. The summed E-state index contributed by atoms with van der Waals surface area (Å²) in [4.78, 5) is 4.77. The quantitative estimate of drug-likeness (QED) is 0.757. The molecule has 0 saturated heterocycles. The van der Waals surface area contributed by atoms with Gasteiger partial charge in [0.1, 0.15) is 11.7 Å². The second kappa shape index (κ2) is 3.78. The average molecular weight is 174 g/mol. The summed E-state index contributed by atoms with van der Waals surface area (Å²) in [5.74, 6) is 0. The molecule has 2 nitrogen and oxygen atoms in total. The highest BCUT2D eigenvalue weighted by atomic mass is 32.1. The molecule has 0 aliphatic carbocycles. The van der Waals surface area contributed by atoms with Crippen molar-refractivity contribution in [2.24, 2.45) is 0 Å². The number of rotatable bonds is 3. The maximum atomic E-state index is 12.1. The summed E-state index contributed by atoms with van der Waals surface area (Å²) in [6.45, 7) is 1.59. The third-order valence-electron chi connectivity index (χ3n) is 1.51. The zero-order valence-electron chi connectivity index (χ0n) is 6.60. The van der Waals surface area contributed by atoms with Crippen molar-refractivity contribution in [3.63, 3.8) is 0 Å². The fourth-order valence-corrected chi connectivity index (χ4v) is 1.54. The van der Waals surface area contributed by atoms with Crippen molar-refractivity contribution in [2.75, 3.05) is 7.05 Å². The lowest BCUT2D eigenvalue weighted by molar-refractivity contribution is 0.491. The van der Waals surface area contributed by atoms with Gasteiger partial charge in [-0.05, 0) is 14.0 Å². The minimum atomic E-state index is -0.409. The van der Waals surface area contributed by atoms with Gasteiger partial charge in [-0.1, -0.05) is 0 Å². The predicted octanol–water partition coefficient (Wildman–Crippen LogP) is 1.89. The molecule has 0 spiro atoms. The van der Waals surface area contributed by atoms with Crippen molar-refractivity contribution in [1.29, 1.82) is 0 Å². The van der Waals surface area contributed by atoms with Crippen molar-refractivity contribution in [3.8, 4) is 0 Å². The van der Waals surface area contributed by atoms with Crippen LogP contribution in [-0.2, 0) is 6.67 Å². The molecule has 1 unspecified atom stereocenters. The van der Waals surface area contributed by atoms with Gasteiger partial charge in [-0.2, -0.15) is 0 Å². The number of nitrogens with zero attached hydrogens (tertiary/aromatic N) is 1. The number of halogens is 1. The Bertz CT molecular complexity index is 224. The van der Waals surface area contributed by atoms with Crippen LogP contribution in [-0.4, -0.2) is 12.0 Å². The Morgan fingerprint density at radius 3 is 3.00 bits per heavy atom. The van der Waals surface area contributed by atoms with E-state index in [1.807, 2.05) is 14.0 Å². The first kappa shape index (κ1) is 8.62. The van der Waals surface area contributed by atoms with Crippen LogP contribution in [0.2, 0.25) is 0 Å². The molecule has 0 radical (unpaired) electrons. The largest absolute Gasteiger partial charge is 0.311 e. The van der Waals surface area contributed by atoms with Crippen LogP contribution < -0.4 is 5.32 Å². The van der Waals surface area contributed by atoms with E-state index in [9.17, 15) is 4.39 Å². The second-order valence-corrected chi connectivity index (χ2v) is 3.46. The predicted molar refractivity (Wildman–Crippen MR) is 44.4 cm³/mol. The molecule has 0 saturated carbocycles. The van der Waals surface area contributed by atoms with Crippen LogP contribution >= 0.6 is 11.3 Å². The van der Waals surface area contributed by atoms with Gasteiger partial charge in [0.15, 0.2) is 0 Å². The highest BCUT2D eigenvalue weighted by molar-refractivity contribution is 7.11. The lowest BCUT2D eigenvalue weighted by atomic mass is 10.4. The van der Waals surface area contributed by atoms with E-state index in [0.29, 0.717) is 4.88 Å². The standard InChI is InChI=1S/C7H11FN2S/c1-5(9-2)7-10-4-6(3-8)11-7/h4-5,9H,3H2,1-2H3. The van der Waals surface area contributed by atoms with Gasteiger partial charge >= 0.3 is 0 Å². The number of alkyl halides is 1. The van der Waals surface area contributed by atoms with Crippen molar-refractivity contribution >= 4 is 11.3 Å². The van der Waals surface area contributed by atoms with Gasteiger partial charge in [-0.25, -0.2) is 9.37 Å². The minimum Gasteiger partial charge on any atom is -0.311 e. The molecule has 0 aliphatic heterocycles. The number of thiazole rings is 1. The van der Waals surface area contributed by atoms with Gasteiger partial charge in [-0.3, -0.25) is 0 Å². The zero-order valence-corrected chi connectivity index (χ0v) is 7.41. The zero-order chi connectivity index (χ0) is 8.27. The van der Waals surface area contributed by atoms with Gasteiger partial charge in [0.2, 0.25) is 0 Å². The molecule has 0 aromatic carbocycles. The fraction of sp³-hybridized carbons (Fsp3) is 0.571. The highest BCUT2D eigenvalue weighted by Gasteiger charge is 2.07. The van der Waals surface area contributed by atoms with E-state index in [-0.39, 0.29) is 6.04 Å². The SMILES string of the molecule is CNC(C)c1ncc(CF)s1. The number of hydrogen-bond acceptors (Lipinski definition) is 3. The number of hydrogen-bond donors (Lipinski definition) is 1. The van der Waals surface area contributed by atoms with Gasteiger partial charge in [0, 0.05) is 6.20 Å². The Balaban J connectivity index is 2.71. The molecule has 1 aromatic heterocycles. The lowest BCUT2D eigenvalue weighted by Crippen LogP contribution is -2.11. The maximum Gasteiger partial charge on any atom is 0.125 e. The molecule has 11 heavy (non-hydrogen) atoms. The van der Waals surface area contributed by atoms with Crippen molar-refractivity contribution in [3.05, 3.63) is 16.1 Å². The van der Waals surface area contributed by atoms with Crippen molar-refractivity contribution in [2.45, 2.75) is 19.6 Å². The van der Waals surface area contributed by atoms with E-state index < -0.39 is 6.67 Å². The van der Waals surface area contributed by atoms with Crippen LogP contribution in [0.5, 0.6) is 0 Å². The summed E-state index contributed by atoms with van der Waals surface area (Å²) in [5.41, 5.74) is 0. The Morgan fingerprint density at radius 1 is 1.82 bits per heavy atom. The number of aromatic nitrogens is 1. The van der Waals surface area contributed by atoms with Crippen molar-refractivity contribution in [1.82, 2.24) is 10.3 Å². The van der Waals surface area contributed by atoms with E-state index in [4.69, 9.17) is 0 Å². The van der Waals surface area contributed by atoms with Gasteiger partial charge in [-0.15, -0.1) is 11.3 Å². The summed E-state index contributed by atoms with van der Waals surface area (Å²) < 4.78 is 12.1. The molecule has 62 valence electrons. The van der Waals surface area contributed by atoms with E-state index in [2.05, 4.69) is 10.3 Å². The van der Waals surface area contributed by atoms with Crippen molar-refractivity contribution < 1.29 is 4.39 Å². The van der Waals surface area contributed by atoms with E-state index in [1.54, 1.807) is 6.20 Å². The Morgan fingerprint density at radius 2 is 2.55 bits per heavy atom. The number of nitrogens with one attached hydrogen (secondary N) is 1. The third-order valence-corrected chi connectivity index (χ3v) is 2.65. The Hall–Kier alpha value is -0.480. The molecule has 1 N–H and O–H groups in total. The summed E-state index contributed by atoms with van der Waals surface area (Å²) >= 11 is 1.42. The molecule has 0 amide bonds. The van der Waals surface area contributed by atoms with E-state index >= 15 is 0 Å². The minimum absolute atomic E-state index is 0.222. The topological polar surface area (TPSA) is 24.9 Å². The van der Waals surface area contributed by atoms with Crippen LogP contribution in [0.3, 0.4) is 0 Å². The molecule has 1 heterocycles. The van der Waals surface area contributed by atoms with Crippen LogP contribution in [0.15, 0.2) is 6.20 Å². The molecular formula is C7H11FN2S. The molecule has 1 aromatic rings. The van der Waals surface area contributed by atoms with Gasteiger partial charge in [0.25, 0.3) is 0 Å². The first-order valence-electron chi connectivity index (χ1n) is 3.45. The second-order valence-electron chi connectivity index (χ2n) is 2.31. The molecule has 0 fully saturated rings. The molecule has 0 aliphatic rings. The normalized spacial score (nSPS) is 13.4. The summed E-state index contributed by atoms with van der Waals surface area (Å²) in [7, 11) is 1.86. The first-order chi connectivity index (χ1) is 5.27. The summed E-state index contributed by atoms with van der Waals surface area (Å²) in [6.07, 6.45) is 1.59. The maximum absolute atomic E-state index is 12.1. The first-order valence-corrected chi connectivity index (χ1v) is 4.27. The van der Waals surface area contributed by atoms with Crippen LogP contribution in [0.1, 0.15) is 22.9 Å². The van der Waals surface area contributed by atoms with Gasteiger partial charge < -0.3 is 5.32 Å². The summed E-state index contributed by atoms with van der Waals surface area (Å²) in [6, 6.07) is 0.222. The summed E-state index contributed by atoms with van der Waals surface area (Å²) in [5, 5.41) is 3.99. The fourth-order valence-electron chi connectivity index (χ4n) is 0.708. The van der Waals surface area contributed by atoms with Gasteiger partial charge in [0.05, 0.1) is 10.9 Å². The molecule has 1 atom stereocenters.